The maximum absolute atomic E-state index is 11.0. The Labute approximate surface area is 70.3 Å². The fraction of sp³-hybridized carbons (Fsp3) is 0.125. The van der Waals surface area contributed by atoms with E-state index in [-0.39, 0.29) is 0 Å². The number of benzene rings is 1. The molecule has 0 bridgehead atoms. The Hall–Kier alpha value is -1.55. The van der Waals surface area contributed by atoms with Gasteiger partial charge in [-0.05, 0) is 12.1 Å². The molecule has 0 saturated heterocycles. The van der Waals surface area contributed by atoms with Crippen LogP contribution >= 0.6 is 0 Å². The third-order valence-corrected chi connectivity index (χ3v) is 1.52. The highest BCUT2D eigenvalue weighted by Crippen LogP contribution is 2.14. The van der Waals surface area contributed by atoms with Crippen LogP contribution in [0.2, 0.25) is 0 Å². The fourth-order valence-electron chi connectivity index (χ4n) is 0.943. The summed E-state index contributed by atoms with van der Waals surface area (Å²) in [7, 11) is 1.72. The summed E-state index contributed by atoms with van der Waals surface area (Å²) >= 11 is 0. The molecule has 0 atom stereocenters. The summed E-state index contributed by atoms with van der Waals surface area (Å²) in [5.74, 6) is 4.21. The zero-order valence-corrected chi connectivity index (χ0v) is 6.70. The molecule has 1 rings (SSSR count). The molecule has 4 heteroatoms. The maximum atomic E-state index is 11.0. The van der Waals surface area contributed by atoms with E-state index in [0.717, 1.165) is 0 Å². The Kier molecular flexibility index (Phi) is 2.66. The number of anilines is 1. The van der Waals surface area contributed by atoms with Gasteiger partial charge in [0.15, 0.2) is 0 Å². The van der Waals surface area contributed by atoms with Gasteiger partial charge >= 0.3 is 5.97 Å². The van der Waals surface area contributed by atoms with Crippen LogP contribution < -0.4 is 11.2 Å². The van der Waals surface area contributed by atoms with Crippen LogP contribution in [0.3, 0.4) is 0 Å². The molecule has 0 spiro atoms. The maximum Gasteiger partial charge on any atom is 0.358 e. The van der Waals surface area contributed by atoms with E-state index in [9.17, 15) is 4.79 Å². The summed E-state index contributed by atoms with van der Waals surface area (Å²) in [6, 6.07) is 6.97. The van der Waals surface area contributed by atoms with Crippen LogP contribution in [0.4, 0.5) is 5.69 Å². The minimum atomic E-state index is -0.542. The normalized spacial score (nSPS) is 9.17. The molecule has 0 aromatic heterocycles. The molecule has 1 aromatic rings. The fourth-order valence-corrected chi connectivity index (χ4v) is 0.943. The van der Waals surface area contributed by atoms with Crippen LogP contribution in [0.15, 0.2) is 24.3 Å². The Morgan fingerprint density at radius 1 is 1.50 bits per heavy atom. The number of nitrogens with one attached hydrogen (secondary N) is 1. The number of para-hydroxylation sites is 1. The van der Waals surface area contributed by atoms with Crippen molar-refractivity contribution < 1.29 is 9.63 Å². The quantitative estimate of drug-likeness (QED) is 0.636. The van der Waals surface area contributed by atoms with Crippen molar-refractivity contribution >= 4 is 11.7 Å². The summed E-state index contributed by atoms with van der Waals surface area (Å²) in [6.07, 6.45) is 0. The van der Waals surface area contributed by atoms with Gasteiger partial charge in [0.25, 0.3) is 0 Å². The van der Waals surface area contributed by atoms with Crippen molar-refractivity contribution in [1.29, 1.82) is 0 Å². The monoisotopic (exact) mass is 166 g/mol. The molecule has 64 valence electrons. The largest absolute Gasteiger partial charge is 0.387 e. The molecular formula is C8H10N2O2. The van der Waals surface area contributed by atoms with Gasteiger partial charge in [0.1, 0.15) is 0 Å². The zero-order valence-electron chi connectivity index (χ0n) is 6.70. The van der Waals surface area contributed by atoms with Crippen LogP contribution in [0, 0.1) is 0 Å². The molecule has 0 radical (unpaired) electrons. The number of carbonyl (C=O) groups is 1. The smallest absolute Gasteiger partial charge is 0.358 e. The predicted octanol–water partition coefficient (Wildman–Crippen LogP) is 0.759. The lowest BCUT2D eigenvalue weighted by atomic mass is 10.2. The van der Waals surface area contributed by atoms with Gasteiger partial charge in [-0.1, -0.05) is 12.1 Å². The van der Waals surface area contributed by atoms with Crippen molar-refractivity contribution in [3.63, 3.8) is 0 Å². The predicted molar refractivity (Wildman–Crippen MR) is 45.6 cm³/mol. The summed E-state index contributed by atoms with van der Waals surface area (Å²) < 4.78 is 0. The molecule has 3 N–H and O–H groups in total. The molecule has 0 fully saturated rings. The minimum absolute atomic E-state index is 0.433. The first-order valence-corrected chi connectivity index (χ1v) is 3.47. The van der Waals surface area contributed by atoms with Gasteiger partial charge in [-0.3, -0.25) is 0 Å². The number of carbonyl (C=O) groups excluding carboxylic acids is 1. The lowest BCUT2D eigenvalue weighted by Gasteiger charge is -2.04. The highest BCUT2D eigenvalue weighted by atomic mass is 16.7. The lowest BCUT2D eigenvalue weighted by Crippen LogP contribution is -2.11. The second-order valence-corrected chi connectivity index (χ2v) is 2.20. The third-order valence-electron chi connectivity index (χ3n) is 1.52. The van der Waals surface area contributed by atoms with E-state index in [1.54, 1.807) is 25.2 Å². The van der Waals surface area contributed by atoms with Gasteiger partial charge in [0.05, 0.1) is 5.56 Å². The SMILES string of the molecule is CNc1ccccc1C(=O)ON. The van der Waals surface area contributed by atoms with Gasteiger partial charge < -0.3 is 10.2 Å². The molecule has 0 saturated carbocycles. The van der Waals surface area contributed by atoms with Gasteiger partial charge in [0.2, 0.25) is 0 Å². The van der Waals surface area contributed by atoms with Gasteiger partial charge in [-0.15, -0.1) is 0 Å². The molecule has 1 aromatic carbocycles. The molecule has 0 amide bonds. The molecule has 0 aliphatic rings. The van der Waals surface area contributed by atoms with E-state index in [4.69, 9.17) is 5.90 Å². The average Bonchev–Trinajstić information content (AvgIpc) is 2.16. The molecule has 0 aliphatic carbocycles. The third kappa shape index (κ3) is 1.54. The number of nitrogens with two attached hydrogens (primary N) is 1. The van der Waals surface area contributed by atoms with Crippen molar-refractivity contribution in [3.8, 4) is 0 Å². The van der Waals surface area contributed by atoms with Crippen LogP contribution in [-0.2, 0) is 4.84 Å². The standard InChI is InChI=1S/C8H10N2O2/c1-10-7-5-3-2-4-6(7)8(11)12-9/h2-5,10H,9H2,1H3. The van der Waals surface area contributed by atoms with E-state index in [2.05, 4.69) is 10.2 Å². The first kappa shape index (κ1) is 8.55. The van der Waals surface area contributed by atoms with E-state index in [0.29, 0.717) is 11.3 Å². The topological polar surface area (TPSA) is 64.3 Å². The van der Waals surface area contributed by atoms with E-state index in [1.165, 1.54) is 0 Å². The van der Waals surface area contributed by atoms with E-state index in [1.807, 2.05) is 6.07 Å². The number of hydrogen-bond acceptors (Lipinski definition) is 4. The van der Waals surface area contributed by atoms with Gasteiger partial charge in [-0.25, -0.2) is 4.79 Å². The molecule has 0 unspecified atom stereocenters. The first-order chi connectivity index (χ1) is 5.79. The summed E-state index contributed by atoms with van der Waals surface area (Å²) in [5.41, 5.74) is 1.13. The van der Waals surface area contributed by atoms with E-state index < -0.39 is 5.97 Å². The minimum Gasteiger partial charge on any atom is -0.387 e. The van der Waals surface area contributed by atoms with Crippen LogP contribution in [0.25, 0.3) is 0 Å². The summed E-state index contributed by atoms with van der Waals surface area (Å²) in [5, 5.41) is 2.85. The summed E-state index contributed by atoms with van der Waals surface area (Å²) in [4.78, 5) is 15.1. The van der Waals surface area contributed by atoms with Gasteiger partial charge in [0, 0.05) is 12.7 Å². The average molecular weight is 166 g/mol. The van der Waals surface area contributed by atoms with Crippen molar-refractivity contribution in [2.75, 3.05) is 12.4 Å². The van der Waals surface area contributed by atoms with Crippen molar-refractivity contribution in [2.45, 2.75) is 0 Å². The Morgan fingerprint density at radius 3 is 2.75 bits per heavy atom. The zero-order chi connectivity index (χ0) is 8.97. The second kappa shape index (κ2) is 3.73. The second-order valence-electron chi connectivity index (χ2n) is 2.20. The molecule has 0 aliphatic heterocycles. The molecule has 0 heterocycles. The summed E-state index contributed by atoms with van der Waals surface area (Å²) in [6.45, 7) is 0. The van der Waals surface area contributed by atoms with Crippen molar-refractivity contribution in [2.24, 2.45) is 5.90 Å². The van der Waals surface area contributed by atoms with Crippen molar-refractivity contribution in [1.82, 2.24) is 0 Å². The Morgan fingerprint density at radius 2 is 2.17 bits per heavy atom. The van der Waals surface area contributed by atoms with Crippen LogP contribution in [-0.4, -0.2) is 13.0 Å². The molecule has 12 heavy (non-hydrogen) atoms. The molecular weight excluding hydrogens is 156 g/mol. The highest BCUT2D eigenvalue weighted by molar-refractivity contribution is 5.95. The van der Waals surface area contributed by atoms with Crippen LogP contribution in [0.1, 0.15) is 10.4 Å². The number of hydrogen-bond donors (Lipinski definition) is 2. The van der Waals surface area contributed by atoms with E-state index >= 15 is 0 Å². The lowest BCUT2D eigenvalue weighted by molar-refractivity contribution is 0.0504. The molecule has 4 nitrogen and oxygen atoms in total. The Bertz CT molecular complexity index is 286. The number of rotatable bonds is 2. The highest BCUT2D eigenvalue weighted by Gasteiger charge is 2.09. The first-order valence-electron chi connectivity index (χ1n) is 3.47. The van der Waals surface area contributed by atoms with Gasteiger partial charge in [-0.2, -0.15) is 5.90 Å². The van der Waals surface area contributed by atoms with Crippen molar-refractivity contribution in [3.05, 3.63) is 29.8 Å². The van der Waals surface area contributed by atoms with Crippen LogP contribution in [0.5, 0.6) is 0 Å². The Balaban J connectivity index is 3.04.